The third kappa shape index (κ3) is 5.21. The predicted molar refractivity (Wildman–Crippen MR) is 84.7 cm³/mol. The van der Waals surface area contributed by atoms with Crippen LogP contribution in [0.3, 0.4) is 0 Å². The molecule has 0 saturated heterocycles. The maximum absolute atomic E-state index is 11.7. The highest BCUT2D eigenvalue weighted by atomic mass is 16.5. The van der Waals surface area contributed by atoms with Crippen LogP contribution in [-0.2, 0) is 4.79 Å². The summed E-state index contributed by atoms with van der Waals surface area (Å²) >= 11 is 0. The number of benzene rings is 1. The molecule has 21 heavy (non-hydrogen) atoms. The van der Waals surface area contributed by atoms with Crippen molar-refractivity contribution < 1.29 is 9.53 Å². The molecule has 114 valence electrons. The Morgan fingerprint density at radius 2 is 1.86 bits per heavy atom. The molecule has 4 nitrogen and oxygen atoms in total. The lowest BCUT2D eigenvalue weighted by Gasteiger charge is -2.12. The molecular formula is C17H24N2O2. The van der Waals surface area contributed by atoms with Crippen molar-refractivity contribution in [3.05, 3.63) is 29.8 Å². The zero-order chi connectivity index (χ0) is 15.1. The molecule has 1 amide bonds. The van der Waals surface area contributed by atoms with Gasteiger partial charge in [0, 0.05) is 5.71 Å². The third-order valence-corrected chi connectivity index (χ3v) is 3.69. The predicted octanol–water partition coefficient (Wildman–Crippen LogP) is 3.63. The van der Waals surface area contributed by atoms with Crippen molar-refractivity contribution in [2.75, 3.05) is 6.61 Å². The zero-order valence-electron chi connectivity index (χ0n) is 12.9. The smallest absolute Gasteiger partial charge is 0.277 e. The number of nitrogens with zero attached hydrogens (tertiary/aromatic N) is 1. The Morgan fingerprint density at radius 3 is 2.48 bits per heavy atom. The molecule has 1 aromatic rings. The fourth-order valence-electron chi connectivity index (χ4n) is 2.34. The van der Waals surface area contributed by atoms with Gasteiger partial charge in [-0.2, -0.15) is 5.10 Å². The molecule has 0 aliphatic heterocycles. The van der Waals surface area contributed by atoms with Crippen molar-refractivity contribution in [3.8, 4) is 5.75 Å². The van der Waals surface area contributed by atoms with E-state index >= 15 is 0 Å². The van der Waals surface area contributed by atoms with Crippen LogP contribution in [0.15, 0.2) is 29.4 Å². The van der Waals surface area contributed by atoms with Gasteiger partial charge in [0.25, 0.3) is 5.91 Å². The Labute approximate surface area is 126 Å². The lowest BCUT2D eigenvalue weighted by Crippen LogP contribution is -2.26. The van der Waals surface area contributed by atoms with Crippen molar-refractivity contribution in [3.63, 3.8) is 0 Å². The molecule has 1 aliphatic carbocycles. The number of rotatable bonds is 5. The van der Waals surface area contributed by atoms with Gasteiger partial charge in [-0.15, -0.1) is 0 Å². The second kappa shape index (κ2) is 7.81. The van der Waals surface area contributed by atoms with Gasteiger partial charge in [-0.25, -0.2) is 5.43 Å². The van der Waals surface area contributed by atoms with Gasteiger partial charge >= 0.3 is 0 Å². The Balaban J connectivity index is 1.75. The van der Waals surface area contributed by atoms with Crippen LogP contribution in [-0.4, -0.2) is 18.2 Å². The Kier molecular flexibility index (Phi) is 5.78. The standard InChI is InChI=1S/C17H24N2O2/c1-13(2)14-8-10-16(11-9-14)21-12-17(20)19-18-15-6-4-3-5-7-15/h8-11,13H,3-7,12H2,1-2H3,(H,19,20). The molecule has 2 rings (SSSR count). The number of hydrazone groups is 1. The van der Waals surface area contributed by atoms with Gasteiger partial charge in [0.05, 0.1) is 0 Å². The molecule has 1 N–H and O–H groups in total. The summed E-state index contributed by atoms with van der Waals surface area (Å²) in [7, 11) is 0. The van der Waals surface area contributed by atoms with Gasteiger partial charge in [-0.3, -0.25) is 4.79 Å². The first-order valence-electron chi connectivity index (χ1n) is 7.72. The maximum atomic E-state index is 11.7. The number of hydrogen-bond donors (Lipinski definition) is 1. The minimum atomic E-state index is -0.207. The highest BCUT2D eigenvalue weighted by Gasteiger charge is 2.08. The zero-order valence-corrected chi connectivity index (χ0v) is 12.9. The summed E-state index contributed by atoms with van der Waals surface area (Å²) in [5.74, 6) is 0.995. The first kappa shape index (κ1) is 15.5. The van der Waals surface area contributed by atoms with E-state index in [0.717, 1.165) is 18.6 Å². The second-order valence-corrected chi connectivity index (χ2v) is 5.79. The van der Waals surface area contributed by atoms with Crippen LogP contribution in [0, 0.1) is 0 Å². The van der Waals surface area contributed by atoms with E-state index < -0.39 is 0 Å². The van der Waals surface area contributed by atoms with Crippen LogP contribution in [0.25, 0.3) is 0 Å². The van der Waals surface area contributed by atoms with Gasteiger partial charge in [0.2, 0.25) is 0 Å². The molecule has 0 aromatic heterocycles. The van der Waals surface area contributed by atoms with Crippen LogP contribution in [0.4, 0.5) is 0 Å². The molecule has 0 atom stereocenters. The van der Waals surface area contributed by atoms with E-state index in [-0.39, 0.29) is 12.5 Å². The molecule has 4 heteroatoms. The van der Waals surface area contributed by atoms with E-state index in [4.69, 9.17) is 4.74 Å². The Morgan fingerprint density at radius 1 is 1.19 bits per heavy atom. The molecule has 1 aliphatic rings. The Hall–Kier alpha value is -1.84. The fraction of sp³-hybridized carbons (Fsp3) is 0.529. The first-order valence-corrected chi connectivity index (χ1v) is 7.72. The SMILES string of the molecule is CC(C)c1ccc(OCC(=O)NN=C2CCCCC2)cc1. The van der Waals surface area contributed by atoms with Gasteiger partial charge in [0.1, 0.15) is 5.75 Å². The van der Waals surface area contributed by atoms with Crippen molar-refractivity contribution in [2.45, 2.75) is 51.9 Å². The second-order valence-electron chi connectivity index (χ2n) is 5.79. The van der Waals surface area contributed by atoms with Crippen molar-refractivity contribution >= 4 is 11.6 Å². The molecule has 1 aromatic carbocycles. The van der Waals surface area contributed by atoms with E-state index in [9.17, 15) is 4.79 Å². The highest BCUT2D eigenvalue weighted by Crippen LogP contribution is 2.18. The number of ether oxygens (including phenoxy) is 1. The van der Waals surface area contributed by atoms with E-state index in [1.807, 2.05) is 24.3 Å². The van der Waals surface area contributed by atoms with Gasteiger partial charge in [-0.05, 0) is 49.3 Å². The quantitative estimate of drug-likeness (QED) is 0.841. The lowest BCUT2D eigenvalue weighted by atomic mass is 9.99. The topological polar surface area (TPSA) is 50.7 Å². The van der Waals surface area contributed by atoms with E-state index in [1.54, 1.807) is 0 Å². The summed E-state index contributed by atoms with van der Waals surface area (Å²) in [6.45, 7) is 4.29. The average Bonchev–Trinajstić information content (AvgIpc) is 2.52. The summed E-state index contributed by atoms with van der Waals surface area (Å²) in [6.07, 6.45) is 5.61. The minimum absolute atomic E-state index is 0.00218. The number of hydrogen-bond acceptors (Lipinski definition) is 3. The lowest BCUT2D eigenvalue weighted by molar-refractivity contribution is -0.123. The average molecular weight is 288 g/mol. The van der Waals surface area contributed by atoms with Gasteiger partial charge in [0.15, 0.2) is 6.61 Å². The molecule has 0 unspecified atom stereocenters. The highest BCUT2D eigenvalue weighted by molar-refractivity contribution is 5.87. The van der Waals surface area contributed by atoms with E-state index in [2.05, 4.69) is 24.4 Å². The number of amides is 1. The van der Waals surface area contributed by atoms with Crippen LogP contribution in [0.5, 0.6) is 5.75 Å². The molecule has 0 radical (unpaired) electrons. The number of carbonyl (C=O) groups excluding carboxylic acids is 1. The molecule has 0 spiro atoms. The normalized spacial score (nSPS) is 14.9. The number of nitrogens with one attached hydrogen (secondary N) is 1. The Bertz CT molecular complexity index is 484. The molecule has 1 saturated carbocycles. The van der Waals surface area contributed by atoms with Gasteiger partial charge in [-0.1, -0.05) is 32.4 Å². The third-order valence-electron chi connectivity index (χ3n) is 3.69. The van der Waals surface area contributed by atoms with Crippen molar-refractivity contribution in [1.82, 2.24) is 5.43 Å². The van der Waals surface area contributed by atoms with Crippen LogP contribution in [0.2, 0.25) is 0 Å². The summed E-state index contributed by atoms with van der Waals surface area (Å²) in [5, 5.41) is 4.17. The molecule has 0 bridgehead atoms. The maximum Gasteiger partial charge on any atom is 0.277 e. The van der Waals surface area contributed by atoms with E-state index in [0.29, 0.717) is 11.7 Å². The summed E-state index contributed by atoms with van der Waals surface area (Å²) in [4.78, 5) is 11.7. The van der Waals surface area contributed by atoms with Crippen molar-refractivity contribution in [1.29, 1.82) is 0 Å². The van der Waals surface area contributed by atoms with Crippen LogP contribution < -0.4 is 10.2 Å². The van der Waals surface area contributed by atoms with Gasteiger partial charge < -0.3 is 4.74 Å². The summed E-state index contributed by atoms with van der Waals surface area (Å²) in [5.41, 5.74) is 4.93. The van der Waals surface area contributed by atoms with Crippen LogP contribution >= 0.6 is 0 Å². The monoisotopic (exact) mass is 288 g/mol. The molecule has 1 fully saturated rings. The molecular weight excluding hydrogens is 264 g/mol. The first-order chi connectivity index (χ1) is 10.1. The number of carbonyl (C=O) groups is 1. The summed E-state index contributed by atoms with van der Waals surface area (Å²) in [6, 6.07) is 7.85. The van der Waals surface area contributed by atoms with E-state index in [1.165, 1.54) is 24.8 Å². The molecule has 0 heterocycles. The summed E-state index contributed by atoms with van der Waals surface area (Å²) < 4.78 is 5.46. The fourth-order valence-corrected chi connectivity index (χ4v) is 2.34. The van der Waals surface area contributed by atoms with Crippen LogP contribution in [0.1, 0.15) is 57.4 Å². The van der Waals surface area contributed by atoms with Crippen molar-refractivity contribution in [2.24, 2.45) is 5.10 Å². The largest absolute Gasteiger partial charge is 0.484 e. The minimum Gasteiger partial charge on any atom is -0.484 e.